The Kier molecular flexibility index (Phi) is 5.27. The van der Waals surface area contributed by atoms with E-state index < -0.39 is 17.8 Å². The zero-order valence-corrected chi connectivity index (χ0v) is 18.0. The number of carboxylic acid groups (broad SMARTS) is 1. The first-order chi connectivity index (χ1) is 15.0. The fourth-order valence-corrected chi connectivity index (χ4v) is 6.57. The van der Waals surface area contributed by atoms with Gasteiger partial charge >= 0.3 is 5.97 Å². The van der Waals surface area contributed by atoms with Crippen LogP contribution in [0.25, 0.3) is 10.2 Å². The van der Waals surface area contributed by atoms with Crippen LogP contribution in [-0.2, 0) is 15.3 Å². The fourth-order valence-electron chi connectivity index (χ4n) is 4.51. The Morgan fingerprint density at radius 1 is 1.13 bits per heavy atom. The molecular weight excluding hydrogens is 435 g/mol. The van der Waals surface area contributed by atoms with Gasteiger partial charge < -0.3 is 10.4 Å². The van der Waals surface area contributed by atoms with Crippen LogP contribution in [0, 0.1) is 29.5 Å². The summed E-state index contributed by atoms with van der Waals surface area (Å²) in [5.74, 6) is -1.95. The molecular formula is C23H19FN2O3S2. The highest BCUT2D eigenvalue weighted by Crippen LogP contribution is 2.48. The summed E-state index contributed by atoms with van der Waals surface area (Å²) in [5, 5.41) is 12.5. The molecule has 0 saturated heterocycles. The molecule has 1 saturated carbocycles. The maximum Gasteiger partial charge on any atom is 0.307 e. The lowest BCUT2D eigenvalue weighted by atomic mass is 9.82. The zero-order valence-electron chi connectivity index (χ0n) is 16.3. The van der Waals surface area contributed by atoms with Gasteiger partial charge in [0.1, 0.15) is 5.82 Å². The Morgan fingerprint density at radius 3 is 2.61 bits per heavy atom. The smallest absolute Gasteiger partial charge is 0.307 e. The van der Waals surface area contributed by atoms with Gasteiger partial charge in [-0.15, -0.1) is 11.3 Å². The second kappa shape index (κ2) is 8.09. The number of hydrogen-bond acceptors (Lipinski definition) is 5. The van der Waals surface area contributed by atoms with Gasteiger partial charge in [-0.2, -0.15) is 0 Å². The molecule has 2 N–H and O–H groups in total. The molecule has 8 heteroatoms. The lowest BCUT2D eigenvalue weighted by molar-refractivity contribution is -0.146. The molecule has 2 aliphatic carbocycles. The number of carboxylic acids is 1. The Morgan fingerprint density at radius 2 is 1.87 bits per heavy atom. The van der Waals surface area contributed by atoms with Gasteiger partial charge in [-0.05, 0) is 54.2 Å². The van der Waals surface area contributed by atoms with Gasteiger partial charge in [-0.25, -0.2) is 9.37 Å². The van der Waals surface area contributed by atoms with E-state index >= 15 is 0 Å². The summed E-state index contributed by atoms with van der Waals surface area (Å²) in [4.78, 5) is 29.2. The molecule has 5 rings (SSSR count). The van der Waals surface area contributed by atoms with Crippen molar-refractivity contribution < 1.29 is 19.1 Å². The van der Waals surface area contributed by atoms with E-state index in [9.17, 15) is 19.1 Å². The van der Waals surface area contributed by atoms with Crippen LogP contribution in [0.2, 0.25) is 0 Å². The standard InChI is InChI=1S/C23H19FN2O3S2/c24-15-5-1-12(2-6-15)11-30-23-26-17-8-7-16(10-18(17)31-23)25-21(27)19-13-3-4-14(9-13)20(19)22(28)29/h1-8,10,13-14,19-20H,9,11H2,(H,25,27)(H,28,29)/t13-,14-,19-,20-/m0/s1. The van der Waals surface area contributed by atoms with Crippen molar-refractivity contribution in [2.24, 2.45) is 23.7 Å². The Balaban J connectivity index is 1.29. The summed E-state index contributed by atoms with van der Waals surface area (Å²) in [6.45, 7) is 0. The van der Waals surface area contributed by atoms with Gasteiger partial charge in [0.05, 0.1) is 22.1 Å². The van der Waals surface area contributed by atoms with E-state index in [4.69, 9.17) is 0 Å². The van der Waals surface area contributed by atoms with Crippen molar-refractivity contribution in [2.45, 2.75) is 16.5 Å². The van der Waals surface area contributed by atoms with Crippen LogP contribution in [0.3, 0.4) is 0 Å². The molecule has 158 valence electrons. The van der Waals surface area contributed by atoms with Crippen LogP contribution in [-0.4, -0.2) is 22.0 Å². The van der Waals surface area contributed by atoms with E-state index in [0.29, 0.717) is 11.4 Å². The minimum Gasteiger partial charge on any atom is -0.481 e. The number of nitrogens with one attached hydrogen (secondary N) is 1. The normalized spacial score (nSPS) is 24.0. The monoisotopic (exact) mass is 454 g/mol. The maximum atomic E-state index is 13.0. The molecule has 2 bridgehead atoms. The number of carbonyl (C=O) groups is 2. The molecule has 2 aromatic carbocycles. The van der Waals surface area contributed by atoms with Gasteiger partial charge in [-0.1, -0.05) is 36.0 Å². The number of fused-ring (bicyclic) bond motifs is 3. The molecule has 1 amide bonds. The third kappa shape index (κ3) is 3.97. The average molecular weight is 455 g/mol. The molecule has 4 atom stereocenters. The van der Waals surface area contributed by atoms with E-state index in [-0.39, 0.29) is 23.6 Å². The van der Waals surface area contributed by atoms with Gasteiger partial charge in [0.2, 0.25) is 5.91 Å². The van der Waals surface area contributed by atoms with Crippen molar-refractivity contribution in [2.75, 3.05) is 5.32 Å². The van der Waals surface area contributed by atoms with Crippen molar-refractivity contribution >= 4 is 50.9 Å². The number of thioether (sulfide) groups is 1. The Hall–Kier alpha value is -2.71. The Labute approximate surface area is 186 Å². The number of thiazole rings is 1. The number of halogens is 1. The first-order valence-corrected chi connectivity index (χ1v) is 11.8. The van der Waals surface area contributed by atoms with Crippen LogP contribution in [0.1, 0.15) is 12.0 Å². The van der Waals surface area contributed by atoms with Gasteiger partial charge in [0, 0.05) is 11.4 Å². The Bertz CT molecular complexity index is 1190. The molecule has 1 heterocycles. The predicted molar refractivity (Wildman–Crippen MR) is 120 cm³/mol. The van der Waals surface area contributed by atoms with Crippen LogP contribution >= 0.6 is 23.1 Å². The van der Waals surface area contributed by atoms with Crippen LogP contribution < -0.4 is 5.32 Å². The topological polar surface area (TPSA) is 79.3 Å². The summed E-state index contributed by atoms with van der Waals surface area (Å²) in [5.41, 5.74) is 2.51. The molecule has 0 aliphatic heterocycles. The second-order valence-corrected chi connectivity index (χ2v) is 10.2. The highest BCUT2D eigenvalue weighted by Gasteiger charge is 2.51. The highest BCUT2D eigenvalue weighted by atomic mass is 32.2. The van der Waals surface area contributed by atoms with Crippen molar-refractivity contribution in [3.8, 4) is 0 Å². The summed E-state index contributed by atoms with van der Waals surface area (Å²) >= 11 is 3.11. The number of carbonyl (C=O) groups excluding carboxylic acids is 1. The van der Waals surface area contributed by atoms with Gasteiger partial charge in [0.15, 0.2) is 4.34 Å². The first kappa shape index (κ1) is 20.2. The summed E-state index contributed by atoms with van der Waals surface area (Å²) in [7, 11) is 0. The van der Waals surface area contributed by atoms with E-state index in [2.05, 4.69) is 10.3 Å². The molecule has 0 spiro atoms. The molecule has 1 aromatic heterocycles. The zero-order chi connectivity index (χ0) is 21.5. The summed E-state index contributed by atoms with van der Waals surface area (Å²) in [6.07, 6.45) is 4.64. The molecule has 5 nitrogen and oxygen atoms in total. The van der Waals surface area contributed by atoms with Crippen LogP contribution in [0.5, 0.6) is 0 Å². The third-order valence-electron chi connectivity index (χ3n) is 5.96. The van der Waals surface area contributed by atoms with E-state index in [0.717, 1.165) is 26.5 Å². The number of nitrogens with zero attached hydrogens (tertiary/aromatic N) is 1. The quantitative estimate of drug-likeness (QED) is 0.396. The third-order valence-corrected chi connectivity index (χ3v) is 8.19. The number of hydrogen-bond donors (Lipinski definition) is 2. The first-order valence-electron chi connectivity index (χ1n) is 9.98. The van der Waals surface area contributed by atoms with E-state index in [1.54, 1.807) is 30.0 Å². The van der Waals surface area contributed by atoms with E-state index in [1.807, 2.05) is 24.3 Å². The number of aliphatic carboxylic acids is 1. The van der Waals surface area contributed by atoms with Crippen LogP contribution in [0.4, 0.5) is 10.1 Å². The van der Waals surface area contributed by atoms with Gasteiger partial charge in [-0.3, -0.25) is 9.59 Å². The van der Waals surface area contributed by atoms with E-state index in [1.165, 1.54) is 23.5 Å². The maximum absolute atomic E-state index is 13.0. The SMILES string of the molecule is O=C(O)[C@@H]1[C@@H](C(=O)Nc2ccc3nc(SCc4ccc(F)cc4)sc3c2)[C@H]2C=C[C@H]1C2. The number of rotatable bonds is 6. The molecule has 31 heavy (non-hydrogen) atoms. The molecule has 3 aromatic rings. The second-order valence-electron chi connectivity index (χ2n) is 7.90. The number of amides is 1. The molecule has 2 aliphatic rings. The van der Waals surface area contributed by atoms with Crippen molar-refractivity contribution in [1.82, 2.24) is 4.98 Å². The van der Waals surface area contributed by atoms with Crippen molar-refractivity contribution in [3.63, 3.8) is 0 Å². The lowest BCUT2D eigenvalue weighted by Gasteiger charge is -2.23. The largest absolute Gasteiger partial charge is 0.481 e. The lowest BCUT2D eigenvalue weighted by Crippen LogP contribution is -2.36. The minimum absolute atomic E-state index is 0.00676. The number of anilines is 1. The number of benzene rings is 2. The van der Waals surface area contributed by atoms with Crippen LogP contribution in [0.15, 0.2) is 59.0 Å². The van der Waals surface area contributed by atoms with Gasteiger partial charge in [0.25, 0.3) is 0 Å². The average Bonchev–Trinajstić information content (AvgIpc) is 3.47. The molecule has 0 unspecified atom stereocenters. The fraction of sp³-hybridized carbons (Fsp3) is 0.261. The highest BCUT2D eigenvalue weighted by molar-refractivity contribution is 8.00. The van der Waals surface area contributed by atoms with Crippen molar-refractivity contribution in [1.29, 1.82) is 0 Å². The molecule has 0 radical (unpaired) electrons. The predicted octanol–water partition coefficient (Wildman–Crippen LogP) is 5.19. The number of allylic oxidation sites excluding steroid dienone is 2. The summed E-state index contributed by atoms with van der Waals surface area (Å²) in [6, 6.07) is 12.0. The number of aromatic nitrogens is 1. The van der Waals surface area contributed by atoms with Crippen molar-refractivity contribution in [3.05, 3.63) is 66.0 Å². The summed E-state index contributed by atoms with van der Waals surface area (Å²) < 4.78 is 14.9. The molecule has 1 fully saturated rings. The minimum atomic E-state index is -0.905.